The minimum absolute atomic E-state index is 0.0751. The highest BCUT2D eigenvalue weighted by molar-refractivity contribution is 9.10. The number of carbonyl (C=O) groups excluding carboxylic acids is 1. The summed E-state index contributed by atoms with van der Waals surface area (Å²) in [4.78, 5) is 12.3. The molecule has 0 aliphatic rings. The molecule has 0 aliphatic heterocycles. The van der Waals surface area contributed by atoms with E-state index in [4.69, 9.17) is 0 Å². The molecule has 0 saturated carbocycles. The number of halogens is 1. The van der Waals surface area contributed by atoms with Crippen LogP contribution in [-0.2, 0) is 11.3 Å². The molecule has 1 amide bonds. The summed E-state index contributed by atoms with van der Waals surface area (Å²) in [6, 6.07) is 7.50. The first-order chi connectivity index (χ1) is 10.5. The molecule has 2 aromatic rings. The average molecular weight is 381 g/mol. The summed E-state index contributed by atoms with van der Waals surface area (Å²) in [6.45, 7) is 8.08. The Morgan fingerprint density at radius 3 is 3.00 bits per heavy atom. The van der Waals surface area contributed by atoms with Crippen molar-refractivity contribution >= 4 is 39.3 Å². The molecule has 7 heteroatoms. The van der Waals surface area contributed by atoms with Crippen LogP contribution in [-0.4, -0.2) is 25.9 Å². The molecule has 1 aromatic heterocycles. The number of benzene rings is 1. The van der Waals surface area contributed by atoms with Gasteiger partial charge in [-0.2, -0.15) is 0 Å². The Morgan fingerprint density at radius 1 is 1.55 bits per heavy atom. The highest BCUT2D eigenvalue weighted by Gasteiger charge is 2.19. The van der Waals surface area contributed by atoms with Crippen molar-refractivity contribution in [1.82, 2.24) is 14.8 Å². The first kappa shape index (κ1) is 16.8. The number of amides is 1. The van der Waals surface area contributed by atoms with Crippen molar-refractivity contribution in [3.8, 4) is 0 Å². The second kappa shape index (κ2) is 7.60. The number of hydrogen-bond donors (Lipinski definition) is 1. The summed E-state index contributed by atoms with van der Waals surface area (Å²) in [5.41, 5.74) is 0.760. The van der Waals surface area contributed by atoms with Crippen LogP contribution in [0.4, 0.5) is 5.69 Å². The van der Waals surface area contributed by atoms with Crippen molar-refractivity contribution in [3.63, 3.8) is 0 Å². The van der Waals surface area contributed by atoms with E-state index >= 15 is 0 Å². The number of aromatic nitrogens is 3. The van der Waals surface area contributed by atoms with Crippen LogP contribution in [0.1, 0.15) is 12.7 Å². The molecule has 0 aliphatic carbocycles. The largest absolute Gasteiger partial charge is 0.325 e. The predicted octanol–water partition coefficient (Wildman–Crippen LogP) is 3.65. The first-order valence-corrected chi connectivity index (χ1v) is 8.42. The lowest BCUT2D eigenvalue weighted by molar-refractivity contribution is -0.115. The number of nitrogens with one attached hydrogen (secondary N) is 1. The minimum Gasteiger partial charge on any atom is -0.325 e. The van der Waals surface area contributed by atoms with Crippen molar-refractivity contribution in [2.75, 3.05) is 5.32 Å². The fourth-order valence-electron chi connectivity index (χ4n) is 1.81. The Balaban J connectivity index is 2.04. The van der Waals surface area contributed by atoms with E-state index in [1.165, 1.54) is 11.8 Å². The van der Waals surface area contributed by atoms with Gasteiger partial charge in [0.1, 0.15) is 5.82 Å². The van der Waals surface area contributed by atoms with Crippen molar-refractivity contribution < 1.29 is 4.79 Å². The van der Waals surface area contributed by atoms with Gasteiger partial charge in [-0.15, -0.1) is 16.8 Å². The fourth-order valence-corrected chi connectivity index (χ4v) is 3.11. The molecule has 1 heterocycles. The second-order valence-electron chi connectivity index (χ2n) is 4.69. The summed E-state index contributed by atoms with van der Waals surface area (Å²) < 4.78 is 2.85. The van der Waals surface area contributed by atoms with Gasteiger partial charge in [0, 0.05) is 16.7 Å². The monoisotopic (exact) mass is 380 g/mol. The van der Waals surface area contributed by atoms with Gasteiger partial charge in [0.05, 0.1) is 5.25 Å². The molecular weight excluding hydrogens is 364 g/mol. The molecule has 0 spiro atoms. The summed E-state index contributed by atoms with van der Waals surface area (Å²) in [6.07, 6.45) is 1.78. The van der Waals surface area contributed by atoms with Crippen LogP contribution in [0.2, 0.25) is 0 Å². The standard InChI is InChI=1S/C15H17BrN4OS/c1-4-8-20-11(3)18-19-15(20)22-10(2)14(21)17-13-7-5-6-12(16)9-13/h4-7,9-10H,1,8H2,2-3H3,(H,17,21)/t10-/m0/s1. The van der Waals surface area contributed by atoms with Crippen LogP contribution < -0.4 is 5.32 Å². The van der Waals surface area contributed by atoms with Gasteiger partial charge in [0.15, 0.2) is 5.16 Å². The Hall–Kier alpha value is -1.60. The fraction of sp³-hybridized carbons (Fsp3) is 0.267. The Bertz CT molecular complexity index is 686. The third-order valence-electron chi connectivity index (χ3n) is 2.96. The van der Waals surface area contributed by atoms with E-state index in [-0.39, 0.29) is 11.2 Å². The summed E-state index contributed by atoms with van der Waals surface area (Å²) in [5.74, 6) is 0.732. The molecule has 0 fully saturated rings. The van der Waals surface area contributed by atoms with E-state index in [2.05, 4.69) is 38.0 Å². The van der Waals surface area contributed by atoms with Crippen molar-refractivity contribution in [3.05, 3.63) is 47.2 Å². The van der Waals surface area contributed by atoms with E-state index in [1.54, 1.807) is 6.08 Å². The second-order valence-corrected chi connectivity index (χ2v) is 6.91. The first-order valence-electron chi connectivity index (χ1n) is 6.75. The van der Waals surface area contributed by atoms with Gasteiger partial charge >= 0.3 is 0 Å². The van der Waals surface area contributed by atoms with E-state index in [1.807, 2.05) is 42.7 Å². The van der Waals surface area contributed by atoms with Crippen molar-refractivity contribution in [2.45, 2.75) is 30.8 Å². The van der Waals surface area contributed by atoms with E-state index in [0.717, 1.165) is 16.0 Å². The lowest BCUT2D eigenvalue weighted by atomic mass is 10.3. The summed E-state index contributed by atoms with van der Waals surface area (Å²) in [5, 5.41) is 11.5. The van der Waals surface area contributed by atoms with Gasteiger partial charge in [-0.1, -0.05) is 39.8 Å². The van der Waals surface area contributed by atoms with Crippen LogP contribution in [0.15, 0.2) is 46.5 Å². The molecule has 2 rings (SSSR count). The molecule has 0 bridgehead atoms. The van der Waals surface area contributed by atoms with E-state index < -0.39 is 0 Å². The lowest BCUT2D eigenvalue weighted by Gasteiger charge is -2.12. The number of carbonyl (C=O) groups is 1. The molecule has 0 unspecified atom stereocenters. The molecule has 5 nitrogen and oxygen atoms in total. The number of thioether (sulfide) groups is 1. The highest BCUT2D eigenvalue weighted by atomic mass is 79.9. The van der Waals surface area contributed by atoms with Gasteiger partial charge in [-0.05, 0) is 32.0 Å². The zero-order chi connectivity index (χ0) is 16.1. The van der Waals surface area contributed by atoms with Gasteiger partial charge in [-0.3, -0.25) is 4.79 Å². The van der Waals surface area contributed by atoms with Crippen LogP contribution >= 0.6 is 27.7 Å². The van der Waals surface area contributed by atoms with Gasteiger partial charge in [-0.25, -0.2) is 0 Å². The van der Waals surface area contributed by atoms with Gasteiger partial charge in [0.25, 0.3) is 0 Å². The molecule has 1 N–H and O–H groups in total. The third-order valence-corrected chi connectivity index (χ3v) is 4.53. The molecule has 0 radical (unpaired) electrons. The third kappa shape index (κ3) is 4.20. The zero-order valence-electron chi connectivity index (χ0n) is 12.4. The SMILES string of the molecule is C=CCn1c(C)nnc1S[C@@H](C)C(=O)Nc1cccc(Br)c1. The maximum Gasteiger partial charge on any atom is 0.237 e. The number of rotatable bonds is 6. The van der Waals surface area contributed by atoms with Crippen LogP contribution in [0.3, 0.4) is 0 Å². The Kier molecular flexibility index (Phi) is 5.79. The number of aryl methyl sites for hydroxylation is 1. The topological polar surface area (TPSA) is 59.8 Å². The van der Waals surface area contributed by atoms with Crippen molar-refractivity contribution in [2.24, 2.45) is 0 Å². The molecule has 22 heavy (non-hydrogen) atoms. The van der Waals surface area contributed by atoms with E-state index in [9.17, 15) is 4.79 Å². The average Bonchev–Trinajstić information content (AvgIpc) is 2.80. The zero-order valence-corrected chi connectivity index (χ0v) is 14.8. The Morgan fingerprint density at radius 2 is 2.32 bits per heavy atom. The molecule has 1 atom stereocenters. The highest BCUT2D eigenvalue weighted by Crippen LogP contribution is 2.24. The van der Waals surface area contributed by atoms with Crippen LogP contribution in [0.25, 0.3) is 0 Å². The lowest BCUT2D eigenvalue weighted by Crippen LogP contribution is -2.23. The van der Waals surface area contributed by atoms with Crippen LogP contribution in [0, 0.1) is 6.92 Å². The van der Waals surface area contributed by atoms with Gasteiger partial charge < -0.3 is 9.88 Å². The normalized spacial score (nSPS) is 12.0. The number of anilines is 1. The number of hydrogen-bond acceptors (Lipinski definition) is 4. The van der Waals surface area contributed by atoms with Gasteiger partial charge in [0.2, 0.25) is 5.91 Å². The number of nitrogens with zero attached hydrogens (tertiary/aromatic N) is 3. The quantitative estimate of drug-likeness (QED) is 0.613. The summed E-state index contributed by atoms with van der Waals surface area (Å²) in [7, 11) is 0. The Labute approximate surface area is 142 Å². The molecule has 0 saturated heterocycles. The smallest absolute Gasteiger partial charge is 0.237 e. The molecule has 1 aromatic carbocycles. The maximum atomic E-state index is 12.3. The van der Waals surface area contributed by atoms with E-state index in [0.29, 0.717) is 11.7 Å². The predicted molar refractivity (Wildman–Crippen MR) is 93.0 cm³/mol. The molecular formula is C15H17BrN4OS. The maximum absolute atomic E-state index is 12.3. The molecule has 116 valence electrons. The summed E-state index contributed by atoms with van der Waals surface area (Å²) >= 11 is 4.77. The number of allylic oxidation sites excluding steroid dienone is 1. The van der Waals surface area contributed by atoms with Crippen LogP contribution in [0.5, 0.6) is 0 Å². The van der Waals surface area contributed by atoms with Crippen molar-refractivity contribution in [1.29, 1.82) is 0 Å². The minimum atomic E-state index is -0.286.